The number of ether oxygens (including phenoxy) is 2. The van der Waals surface area contributed by atoms with Gasteiger partial charge < -0.3 is 24.9 Å². The molecule has 3 rings (SSSR count). The summed E-state index contributed by atoms with van der Waals surface area (Å²) in [5, 5.41) is 10.3. The Morgan fingerprint density at radius 3 is 2.57 bits per heavy atom. The van der Waals surface area contributed by atoms with E-state index in [0.29, 0.717) is 22.9 Å². The first-order valence-corrected chi connectivity index (χ1v) is 8.31. The molecule has 3 aromatic rings. The lowest BCUT2D eigenvalue weighted by molar-refractivity contribution is 0.0280. The van der Waals surface area contributed by atoms with Gasteiger partial charge in [-0.15, -0.1) is 10.2 Å². The standard InChI is InChI=1S/C19H18N4O5/c1-11(27-18(24)13-4-3-5-14(10-13)21-19(20)25)16-22-23-17(28-16)12-6-8-15(26-2)9-7-12/h3-11H,1-2H3,(H3,20,21,25)/t11-/m1/s1. The number of methoxy groups -OCH3 is 1. The van der Waals surface area contributed by atoms with Crippen molar-refractivity contribution in [1.82, 2.24) is 10.2 Å². The maximum atomic E-state index is 12.3. The van der Waals surface area contributed by atoms with Crippen LogP contribution in [0.1, 0.15) is 29.3 Å². The van der Waals surface area contributed by atoms with Gasteiger partial charge in [0.1, 0.15) is 5.75 Å². The van der Waals surface area contributed by atoms with Crippen molar-refractivity contribution in [2.24, 2.45) is 5.73 Å². The van der Waals surface area contributed by atoms with Crippen molar-refractivity contribution in [2.45, 2.75) is 13.0 Å². The Hall–Kier alpha value is -3.88. The number of benzene rings is 2. The summed E-state index contributed by atoms with van der Waals surface area (Å²) in [7, 11) is 1.58. The Morgan fingerprint density at radius 2 is 1.89 bits per heavy atom. The van der Waals surface area contributed by atoms with E-state index in [4.69, 9.17) is 19.6 Å². The lowest BCUT2D eigenvalue weighted by Gasteiger charge is -2.10. The molecule has 0 saturated heterocycles. The number of rotatable bonds is 6. The zero-order valence-electron chi connectivity index (χ0n) is 15.2. The summed E-state index contributed by atoms with van der Waals surface area (Å²) in [5.41, 5.74) is 6.41. The molecule has 0 radical (unpaired) electrons. The van der Waals surface area contributed by atoms with E-state index in [0.717, 1.165) is 0 Å². The molecule has 1 heterocycles. The van der Waals surface area contributed by atoms with Crippen LogP contribution in [0.25, 0.3) is 11.5 Å². The first-order valence-electron chi connectivity index (χ1n) is 8.31. The molecule has 9 heteroatoms. The zero-order chi connectivity index (χ0) is 20.1. The SMILES string of the molecule is COc1ccc(-c2nnc([C@@H](C)OC(=O)c3cccc(NC(N)=O)c3)o2)cc1. The van der Waals surface area contributed by atoms with Crippen LogP contribution in [0.2, 0.25) is 0 Å². The Labute approximate surface area is 160 Å². The molecule has 0 fully saturated rings. The first kappa shape index (κ1) is 18.9. The number of nitrogens with two attached hydrogens (primary N) is 1. The van der Waals surface area contributed by atoms with Crippen LogP contribution in [0.4, 0.5) is 10.5 Å². The highest BCUT2D eigenvalue weighted by molar-refractivity contribution is 5.93. The van der Waals surface area contributed by atoms with E-state index in [9.17, 15) is 9.59 Å². The van der Waals surface area contributed by atoms with Crippen molar-refractivity contribution in [2.75, 3.05) is 12.4 Å². The van der Waals surface area contributed by atoms with Gasteiger partial charge in [0.05, 0.1) is 12.7 Å². The van der Waals surface area contributed by atoms with E-state index in [1.807, 2.05) is 0 Å². The Balaban J connectivity index is 1.69. The molecule has 28 heavy (non-hydrogen) atoms. The van der Waals surface area contributed by atoms with Crippen LogP contribution in [-0.2, 0) is 4.74 Å². The number of hydrogen-bond donors (Lipinski definition) is 2. The highest BCUT2D eigenvalue weighted by Gasteiger charge is 2.20. The number of nitrogens with one attached hydrogen (secondary N) is 1. The minimum atomic E-state index is -0.764. The second-order valence-electron chi connectivity index (χ2n) is 5.79. The normalized spacial score (nSPS) is 11.5. The molecular weight excluding hydrogens is 364 g/mol. The number of primary amides is 1. The van der Waals surface area contributed by atoms with Crippen molar-refractivity contribution in [3.8, 4) is 17.2 Å². The van der Waals surface area contributed by atoms with Gasteiger partial charge in [0.15, 0.2) is 6.10 Å². The molecule has 0 saturated carbocycles. The van der Waals surface area contributed by atoms with E-state index in [-0.39, 0.29) is 11.5 Å². The summed E-state index contributed by atoms with van der Waals surface area (Å²) in [6.45, 7) is 1.62. The number of esters is 1. The van der Waals surface area contributed by atoms with E-state index >= 15 is 0 Å². The molecular formula is C19H18N4O5. The maximum Gasteiger partial charge on any atom is 0.338 e. The molecule has 0 bridgehead atoms. The van der Waals surface area contributed by atoms with Gasteiger partial charge in [-0.3, -0.25) is 0 Å². The molecule has 2 aromatic carbocycles. The Kier molecular flexibility index (Phi) is 5.54. The van der Waals surface area contributed by atoms with Gasteiger partial charge >= 0.3 is 12.0 Å². The molecule has 9 nitrogen and oxygen atoms in total. The van der Waals surface area contributed by atoms with Crippen LogP contribution >= 0.6 is 0 Å². The fourth-order valence-corrected chi connectivity index (χ4v) is 2.39. The van der Waals surface area contributed by atoms with Gasteiger partial charge in [0.2, 0.25) is 5.89 Å². The van der Waals surface area contributed by atoms with Crippen molar-refractivity contribution in [3.63, 3.8) is 0 Å². The number of urea groups is 1. The molecule has 144 valence electrons. The average molecular weight is 382 g/mol. The van der Waals surface area contributed by atoms with Crippen LogP contribution in [0.15, 0.2) is 52.9 Å². The summed E-state index contributed by atoms with van der Waals surface area (Å²) in [6, 6.07) is 12.6. The molecule has 0 unspecified atom stereocenters. The van der Waals surface area contributed by atoms with Crippen molar-refractivity contribution >= 4 is 17.7 Å². The summed E-state index contributed by atoms with van der Waals surface area (Å²) < 4.78 is 16.1. The smallest absolute Gasteiger partial charge is 0.338 e. The summed E-state index contributed by atoms with van der Waals surface area (Å²) in [4.78, 5) is 23.3. The quantitative estimate of drug-likeness (QED) is 0.626. The number of amides is 2. The number of carbonyl (C=O) groups excluding carboxylic acids is 2. The molecule has 0 aliphatic carbocycles. The van der Waals surface area contributed by atoms with Crippen molar-refractivity contribution in [3.05, 3.63) is 60.0 Å². The van der Waals surface area contributed by atoms with Crippen LogP contribution in [0.3, 0.4) is 0 Å². The molecule has 1 atom stereocenters. The lowest BCUT2D eigenvalue weighted by Crippen LogP contribution is -2.19. The van der Waals surface area contributed by atoms with Crippen LogP contribution in [-0.4, -0.2) is 29.3 Å². The number of hydrogen-bond acceptors (Lipinski definition) is 7. The van der Waals surface area contributed by atoms with Gasteiger partial charge in [0.25, 0.3) is 5.89 Å². The third kappa shape index (κ3) is 4.44. The monoisotopic (exact) mass is 382 g/mol. The van der Waals surface area contributed by atoms with Crippen LogP contribution in [0.5, 0.6) is 5.75 Å². The predicted octanol–water partition coefficient (Wildman–Crippen LogP) is 3.15. The van der Waals surface area contributed by atoms with E-state index in [1.165, 1.54) is 6.07 Å². The Bertz CT molecular complexity index is 984. The number of anilines is 1. The van der Waals surface area contributed by atoms with Crippen LogP contribution in [0, 0.1) is 0 Å². The van der Waals surface area contributed by atoms with Gasteiger partial charge in [0, 0.05) is 11.3 Å². The number of nitrogens with zero attached hydrogens (tertiary/aromatic N) is 2. The van der Waals surface area contributed by atoms with Gasteiger partial charge in [-0.1, -0.05) is 6.07 Å². The summed E-state index contributed by atoms with van der Waals surface area (Å²) in [6.07, 6.45) is -0.764. The van der Waals surface area contributed by atoms with Gasteiger partial charge in [-0.25, -0.2) is 9.59 Å². The minimum absolute atomic E-state index is 0.158. The largest absolute Gasteiger partial charge is 0.497 e. The molecule has 3 N–H and O–H groups in total. The molecule has 0 aliphatic rings. The second kappa shape index (κ2) is 8.21. The number of carbonyl (C=O) groups is 2. The molecule has 1 aromatic heterocycles. The van der Waals surface area contributed by atoms with Gasteiger partial charge in [-0.2, -0.15) is 0 Å². The van der Waals surface area contributed by atoms with E-state index < -0.39 is 18.1 Å². The Morgan fingerprint density at radius 1 is 1.14 bits per heavy atom. The fraction of sp³-hybridized carbons (Fsp3) is 0.158. The van der Waals surface area contributed by atoms with E-state index in [1.54, 1.807) is 56.5 Å². The number of aromatic nitrogens is 2. The van der Waals surface area contributed by atoms with Crippen molar-refractivity contribution < 1.29 is 23.5 Å². The molecule has 0 spiro atoms. The van der Waals surface area contributed by atoms with Gasteiger partial charge in [-0.05, 0) is 49.4 Å². The average Bonchev–Trinajstić information content (AvgIpc) is 3.18. The third-order valence-corrected chi connectivity index (χ3v) is 3.77. The topological polar surface area (TPSA) is 130 Å². The maximum absolute atomic E-state index is 12.3. The highest BCUT2D eigenvalue weighted by atomic mass is 16.6. The zero-order valence-corrected chi connectivity index (χ0v) is 15.2. The summed E-state index contributed by atoms with van der Waals surface area (Å²) >= 11 is 0. The fourth-order valence-electron chi connectivity index (χ4n) is 2.39. The van der Waals surface area contributed by atoms with Crippen LogP contribution < -0.4 is 15.8 Å². The lowest BCUT2D eigenvalue weighted by atomic mass is 10.2. The first-order chi connectivity index (χ1) is 13.5. The molecule has 0 aliphatic heterocycles. The van der Waals surface area contributed by atoms with E-state index in [2.05, 4.69) is 15.5 Å². The minimum Gasteiger partial charge on any atom is -0.497 e. The van der Waals surface area contributed by atoms with Crippen molar-refractivity contribution in [1.29, 1.82) is 0 Å². The highest BCUT2D eigenvalue weighted by Crippen LogP contribution is 2.25. The third-order valence-electron chi connectivity index (χ3n) is 3.77. The second-order valence-corrected chi connectivity index (χ2v) is 5.79. The molecule has 2 amide bonds. The predicted molar refractivity (Wildman–Crippen MR) is 99.8 cm³/mol. The summed E-state index contributed by atoms with van der Waals surface area (Å²) in [5.74, 6) is 0.558.